The summed E-state index contributed by atoms with van der Waals surface area (Å²) in [6.45, 7) is 2.83. The van der Waals surface area contributed by atoms with Crippen LogP contribution in [0.3, 0.4) is 0 Å². The molecule has 0 spiro atoms. The van der Waals surface area contributed by atoms with E-state index in [4.69, 9.17) is 4.42 Å². The molecule has 4 rings (SSSR count). The fourth-order valence-corrected chi connectivity index (χ4v) is 4.91. The van der Waals surface area contributed by atoms with Gasteiger partial charge in [0, 0.05) is 32.7 Å². The van der Waals surface area contributed by atoms with Crippen LogP contribution in [0.15, 0.2) is 57.5 Å². The minimum Gasteiger partial charge on any atom is -0.459 e. The Morgan fingerprint density at radius 2 is 1.81 bits per heavy atom. The van der Waals surface area contributed by atoms with E-state index in [2.05, 4.69) is 27.6 Å². The topological polar surface area (TPSA) is 91.6 Å². The van der Waals surface area contributed by atoms with Gasteiger partial charge in [0.1, 0.15) is 0 Å². The van der Waals surface area contributed by atoms with Crippen molar-refractivity contribution in [2.24, 2.45) is 0 Å². The van der Waals surface area contributed by atoms with Crippen molar-refractivity contribution in [2.75, 3.05) is 43.8 Å². The van der Waals surface area contributed by atoms with Gasteiger partial charge >= 0.3 is 0 Å². The van der Waals surface area contributed by atoms with E-state index in [0.717, 1.165) is 22.4 Å². The summed E-state index contributed by atoms with van der Waals surface area (Å²) < 4.78 is 5.93. The molecule has 8 nitrogen and oxygen atoms in total. The Bertz CT molecular complexity index is 986. The quantitative estimate of drug-likeness (QED) is 0.520. The maximum atomic E-state index is 12.5. The van der Waals surface area contributed by atoms with Crippen LogP contribution in [0.2, 0.25) is 0 Å². The van der Waals surface area contributed by atoms with Crippen LogP contribution in [-0.2, 0) is 11.2 Å². The summed E-state index contributed by atoms with van der Waals surface area (Å²) in [6.07, 6.45) is 2.40. The minimum absolute atomic E-state index is 0.0453. The molecule has 1 fully saturated rings. The average Bonchev–Trinajstić information content (AvgIpc) is 3.50. The zero-order valence-electron chi connectivity index (χ0n) is 16.9. The number of benzene rings is 1. The van der Waals surface area contributed by atoms with Crippen LogP contribution in [0.25, 0.3) is 0 Å². The highest BCUT2D eigenvalue weighted by molar-refractivity contribution is 8.01. The van der Waals surface area contributed by atoms with E-state index in [9.17, 15) is 9.59 Å². The standard InChI is InChI=1S/C21H23N5O3S2/c27-18(25-10-12-26(13-11-25)19(28)17-7-4-14-29-17)15-30-21-24-23-20(31-21)22-9-8-16-5-2-1-3-6-16/h1-7,14H,8-13,15H2,(H,22,23). The number of carbonyl (C=O) groups is 2. The zero-order valence-corrected chi connectivity index (χ0v) is 18.5. The fourth-order valence-electron chi connectivity index (χ4n) is 3.23. The molecule has 1 aromatic carbocycles. The molecule has 1 saturated heterocycles. The van der Waals surface area contributed by atoms with Crippen LogP contribution in [0.4, 0.5) is 5.13 Å². The number of anilines is 1. The van der Waals surface area contributed by atoms with Crippen LogP contribution >= 0.6 is 23.1 Å². The van der Waals surface area contributed by atoms with Crippen molar-refractivity contribution in [3.8, 4) is 0 Å². The van der Waals surface area contributed by atoms with Crippen LogP contribution in [0.5, 0.6) is 0 Å². The second-order valence-corrected chi connectivity index (χ2v) is 9.17. The first kappa shape index (κ1) is 21.4. The van der Waals surface area contributed by atoms with Crippen LogP contribution in [0.1, 0.15) is 16.1 Å². The number of amides is 2. The molecule has 3 heterocycles. The normalized spacial score (nSPS) is 13.9. The van der Waals surface area contributed by atoms with Gasteiger partial charge in [0.15, 0.2) is 10.1 Å². The highest BCUT2D eigenvalue weighted by atomic mass is 32.2. The fraction of sp³-hybridized carbons (Fsp3) is 0.333. The number of furan rings is 1. The Morgan fingerprint density at radius 1 is 1.03 bits per heavy atom. The van der Waals surface area contributed by atoms with E-state index >= 15 is 0 Å². The van der Waals surface area contributed by atoms with Gasteiger partial charge in [-0.2, -0.15) is 0 Å². The van der Waals surface area contributed by atoms with Crippen LogP contribution < -0.4 is 5.32 Å². The molecule has 0 radical (unpaired) electrons. The number of nitrogens with zero attached hydrogens (tertiary/aromatic N) is 4. The second-order valence-electron chi connectivity index (χ2n) is 6.97. The molecular formula is C21H23N5O3S2. The van der Waals surface area contributed by atoms with Gasteiger partial charge < -0.3 is 19.5 Å². The predicted octanol–water partition coefficient (Wildman–Crippen LogP) is 2.86. The van der Waals surface area contributed by atoms with E-state index in [1.54, 1.807) is 21.9 Å². The van der Waals surface area contributed by atoms with E-state index in [0.29, 0.717) is 37.7 Å². The van der Waals surface area contributed by atoms with Gasteiger partial charge in [-0.3, -0.25) is 9.59 Å². The van der Waals surface area contributed by atoms with Gasteiger partial charge in [-0.25, -0.2) is 0 Å². The van der Waals surface area contributed by atoms with Crippen molar-refractivity contribution < 1.29 is 14.0 Å². The van der Waals surface area contributed by atoms with E-state index in [1.165, 1.54) is 34.9 Å². The molecule has 1 N–H and O–H groups in total. The van der Waals surface area contributed by atoms with Crippen molar-refractivity contribution in [2.45, 2.75) is 10.8 Å². The molecule has 0 aliphatic carbocycles. The molecule has 2 aromatic heterocycles. The van der Waals surface area contributed by atoms with Gasteiger partial charge in [0.2, 0.25) is 11.0 Å². The Labute approximate surface area is 188 Å². The molecule has 31 heavy (non-hydrogen) atoms. The Balaban J connectivity index is 1.17. The first-order valence-corrected chi connectivity index (χ1v) is 11.8. The van der Waals surface area contributed by atoms with E-state index in [1.807, 2.05) is 18.2 Å². The maximum absolute atomic E-state index is 12.5. The molecule has 0 bridgehead atoms. The van der Waals surface area contributed by atoms with Crippen molar-refractivity contribution in [3.05, 3.63) is 60.1 Å². The first-order valence-electron chi connectivity index (χ1n) is 10.0. The lowest BCUT2D eigenvalue weighted by molar-refractivity contribution is -0.129. The van der Waals surface area contributed by atoms with Crippen molar-refractivity contribution in [1.29, 1.82) is 0 Å². The highest BCUT2D eigenvalue weighted by Gasteiger charge is 2.26. The van der Waals surface area contributed by atoms with Gasteiger partial charge in [0.05, 0.1) is 12.0 Å². The summed E-state index contributed by atoms with van der Waals surface area (Å²) in [5, 5.41) is 12.4. The molecule has 0 atom stereocenters. The number of aromatic nitrogens is 2. The molecule has 3 aromatic rings. The van der Waals surface area contributed by atoms with Crippen LogP contribution in [0, 0.1) is 0 Å². The SMILES string of the molecule is O=C(CSc1nnc(NCCc2ccccc2)s1)N1CCN(C(=O)c2ccco2)CC1. The number of carbonyl (C=O) groups excluding carboxylic acids is 2. The lowest BCUT2D eigenvalue weighted by Crippen LogP contribution is -2.51. The van der Waals surface area contributed by atoms with Gasteiger partial charge in [0.25, 0.3) is 5.91 Å². The average molecular weight is 458 g/mol. The van der Waals surface area contributed by atoms with Gasteiger partial charge in [-0.15, -0.1) is 10.2 Å². The summed E-state index contributed by atoms with van der Waals surface area (Å²) in [7, 11) is 0. The Hall–Kier alpha value is -2.85. The zero-order chi connectivity index (χ0) is 21.5. The summed E-state index contributed by atoms with van der Waals surface area (Å²) in [5.74, 6) is 0.557. The van der Waals surface area contributed by atoms with Gasteiger partial charge in [-0.05, 0) is 24.1 Å². The van der Waals surface area contributed by atoms with Gasteiger partial charge in [-0.1, -0.05) is 53.4 Å². The molecule has 1 aliphatic heterocycles. The third-order valence-electron chi connectivity index (χ3n) is 4.91. The molecule has 1 aliphatic rings. The van der Waals surface area contributed by atoms with E-state index < -0.39 is 0 Å². The number of hydrogen-bond donors (Lipinski definition) is 1. The number of hydrogen-bond acceptors (Lipinski definition) is 8. The highest BCUT2D eigenvalue weighted by Crippen LogP contribution is 2.26. The second kappa shape index (κ2) is 10.5. The van der Waals surface area contributed by atoms with E-state index in [-0.39, 0.29) is 11.8 Å². The summed E-state index contributed by atoms with van der Waals surface area (Å²) in [4.78, 5) is 28.4. The van der Waals surface area contributed by atoms with Crippen LogP contribution in [-0.4, -0.2) is 70.3 Å². The number of piperazine rings is 1. The minimum atomic E-state index is -0.132. The predicted molar refractivity (Wildman–Crippen MR) is 120 cm³/mol. The third kappa shape index (κ3) is 5.86. The molecular weight excluding hydrogens is 434 g/mol. The summed E-state index contributed by atoms with van der Waals surface area (Å²) in [6, 6.07) is 13.6. The summed E-state index contributed by atoms with van der Waals surface area (Å²) >= 11 is 2.85. The molecule has 0 saturated carbocycles. The lowest BCUT2D eigenvalue weighted by Gasteiger charge is -2.34. The molecule has 10 heteroatoms. The van der Waals surface area contributed by atoms with Crippen molar-refractivity contribution in [3.63, 3.8) is 0 Å². The Kier molecular flexibility index (Phi) is 7.21. The number of nitrogens with one attached hydrogen (secondary N) is 1. The van der Waals surface area contributed by atoms with Crippen molar-refractivity contribution in [1.82, 2.24) is 20.0 Å². The molecule has 162 valence electrons. The number of rotatable bonds is 8. The smallest absolute Gasteiger partial charge is 0.289 e. The first-order chi connectivity index (χ1) is 15.2. The lowest BCUT2D eigenvalue weighted by atomic mass is 10.2. The maximum Gasteiger partial charge on any atom is 0.289 e. The monoisotopic (exact) mass is 457 g/mol. The summed E-state index contributed by atoms with van der Waals surface area (Å²) in [5.41, 5.74) is 1.27. The molecule has 2 amide bonds. The van der Waals surface area contributed by atoms with Crippen molar-refractivity contribution >= 4 is 40.0 Å². The number of thioether (sulfide) groups is 1. The Morgan fingerprint density at radius 3 is 2.55 bits per heavy atom. The molecule has 0 unspecified atom stereocenters. The third-order valence-corrected chi connectivity index (χ3v) is 6.91. The largest absolute Gasteiger partial charge is 0.459 e.